The number of aliphatic hydroxyl groups excluding tert-OH is 1. The molecule has 0 aromatic heterocycles. The Labute approximate surface area is 307 Å². The summed E-state index contributed by atoms with van der Waals surface area (Å²) >= 11 is 0. The van der Waals surface area contributed by atoms with Crippen LogP contribution in [0.2, 0.25) is 0 Å². The van der Waals surface area contributed by atoms with E-state index < -0.39 is 6.10 Å². The van der Waals surface area contributed by atoms with E-state index in [0.29, 0.717) is 19.6 Å². The van der Waals surface area contributed by atoms with E-state index >= 15 is 0 Å². The maximum Gasteiger partial charge on any atom is 0.306 e. The fraction of sp³-hybridized carbons (Fsp3) is 0.933. The lowest BCUT2D eigenvalue weighted by molar-refractivity contribution is -0.154. The van der Waals surface area contributed by atoms with E-state index in [4.69, 9.17) is 9.47 Å². The third-order valence-corrected chi connectivity index (χ3v) is 10.1. The first-order chi connectivity index (χ1) is 24.2. The maximum absolute atomic E-state index is 12.2. The van der Waals surface area contributed by atoms with Gasteiger partial charge in [0.25, 0.3) is 0 Å². The molecule has 0 aromatic rings. The van der Waals surface area contributed by atoms with Crippen molar-refractivity contribution < 1.29 is 19.4 Å². The molecule has 49 heavy (non-hydrogen) atoms. The smallest absolute Gasteiger partial charge is 0.306 e. The van der Waals surface area contributed by atoms with Crippen LogP contribution in [0.25, 0.3) is 0 Å². The highest BCUT2D eigenvalue weighted by atomic mass is 16.6. The minimum absolute atomic E-state index is 0.167. The molecule has 1 N–H and O–H groups in total. The summed E-state index contributed by atoms with van der Waals surface area (Å²) in [5.41, 5.74) is 0. The minimum Gasteiger partial charge on any atom is -0.457 e. The van der Waals surface area contributed by atoms with Crippen LogP contribution in [0, 0.1) is 0 Å². The van der Waals surface area contributed by atoms with E-state index in [1.54, 1.807) is 0 Å². The Bertz CT molecular complexity index is 648. The fourth-order valence-corrected chi connectivity index (χ4v) is 6.74. The Morgan fingerprint density at radius 1 is 0.469 bits per heavy atom. The third kappa shape index (κ3) is 41.4. The van der Waals surface area contributed by atoms with Gasteiger partial charge < -0.3 is 14.6 Å². The number of carbonyl (C=O) groups is 1. The van der Waals surface area contributed by atoms with Gasteiger partial charge in [0.1, 0.15) is 6.10 Å². The first-order valence-corrected chi connectivity index (χ1v) is 22.3. The fourth-order valence-electron chi connectivity index (χ4n) is 6.74. The zero-order valence-corrected chi connectivity index (χ0v) is 33.5. The molecule has 292 valence electrons. The molecule has 0 aliphatic rings. The number of ether oxygens (including phenoxy) is 2. The predicted octanol–water partition coefficient (Wildman–Crippen LogP) is 14.5. The van der Waals surface area contributed by atoms with Crippen LogP contribution in [0.5, 0.6) is 0 Å². The monoisotopic (exact) mass is 693 g/mol. The van der Waals surface area contributed by atoms with Crippen LogP contribution in [0.3, 0.4) is 0 Å². The lowest BCUT2D eigenvalue weighted by Crippen LogP contribution is -2.27. The highest BCUT2D eigenvalue weighted by molar-refractivity contribution is 5.69. The summed E-state index contributed by atoms with van der Waals surface area (Å²) in [6, 6.07) is 0. The topological polar surface area (TPSA) is 55.8 Å². The van der Waals surface area contributed by atoms with Gasteiger partial charge in [-0.05, 0) is 38.5 Å². The molecular weight excluding hydrogens is 604 g/mol. The molecule has 0 aliphatic heterocycles. The Morgan fingerprint density at radius 3 is 1.16 bits per heavy atom. The van der Waals surface area contributed by atoms with Crippen LogP contribution in [0.1, 0.15) is 245 Å². The second-order valence-electron chi connectivity index (χ2n) is 15.1. The molecule has 0 spiro atoms. The number of hydrogen-bond acceptors (Lipinski definition) is 4. The van der Waals surface area contributed by atoms with Gasteiger partial charge >= 0.3 is 5.97 Å². The van der Waals surface area contributed by atoms with Gasteiger partial charge in [-0.1, -0.05) is 212 Å². The van der Waals surface area contributed by atoms with Gasteiger partial charge in [-0.25, -0.2) is 0 Å². The number of allylic oxidation sites excluding steroid dienone is 2. The summed E-state index contributed by atoms with van der Waals surface area (Å²) in [6.45, 7) is 5.38. The summed E-state index contributed by atoms with van der Waals surface area (Å²) in [7, 11) is 0. The summed E-state index contributed by atoms with van der Waals surface area (Å²) < 4.78 is 11.2. The van der Waals surface area contributed by atoms with E-state index in [1.165, 1.54) is 205 Å². The van der Waals surface area contributed by atoms with Crippen molar-refractivity contribution in [1.82, 2.24) is 0 Å². The molecule has 0 rings (SSSR count). The second kappa shape index (κ2) is 43.3. The molecule has 4 nitrogen and oxygen atoms in total. The number of hydrogen-bond donors (Lipinski definition) is 1. The highest BCUT2D eigenvalue weighted by Crippen LogP contribution is 2.16. The van der Waals surface area contributed by atoms with Crippen LogP contribution >= 0.6 is 0 Å². The molecule has 0 saturated carbocycles. The molecule has 1 atom stereocenters. The number of aliphatic hydroxyl groups is 1. The maximum atomic E-state index is 12.2. The van der Waals surface area contributed by atoms with E-state index in [1.807, 2.05) is 0 Å². The minimum atomic E-state index is -0.530. The van der Waals surface area contributed by atoms with Crippen molar-refractivity contribution >= 4 is 5.97 Å². The molecular formula is C45H88O4. The Hall–Kier alpha value is -0.870. The van der Waals surface area contributed by atoms with Gasteiger partial charge in [0, 0.05) is 13.0 Å². The predicted molar refractivity (Wildman–Crippen MR) is 214 cm³/mol. The van der Waals surface area contributed by atoms with Crippen molar-refractivity contribution in [2.45, 2.75) is 251 Å². The standard InChI is InChI=1S/C45H88O4/c1-3-5-7-9-11-13-15-17-19-21-22-23-25-27-29-31-33-35-37-39-41-48-43-44(42-46)49-45(47)40-38-36-34-32-30-28-26-24-20-18-16-14-12-10-8-6-4-2/h18,20,44,46H,3-17,19,21-43H2,1-2H3/b20-18-. The van der Waals surface area contributed by atoms with Crippen molar-refractivity contribution in [2.24, 2.45) is 0 Å². The first kappa shape index (κ1) is 48.1. The zero-order chi connectivity index (χ0) is 35.6. The van der Waals surface area contributed by atoms with Gasteiger partial charge in [0.05, 0.1) is 13.2 Å². The van der Waals surface area contributed by atoms with Crippen LogP contribution in [0.4, 0.5) is 0 Å². The molecule has 0 aliphatic carbocycles. The molecule has 0 radical (unpaired) electrons. The van der Waals surface area contributed by atoms with Crippen molar-refractivity contribution in [2.75, 3.05) is 19.8 Å². The van der Waals surface area contributed by atoms with Gasteiger partial charge in [-0.2, -0.15) is 0 Å². The highest BCUT2D eigenvalue weighted by Gasteiger charge is 2.13. The van der Waals surface area contributed by atoms with Crippen molar-refractivity contribution in [1.29, 1.82) is 0 Å². The summed E-state index contributed by atoms with van der Waals surface area (Å²) in [4.78, 5) is 12.2. The van der Waals surface area contributed by atoms with Crippen LogP contribution in [0.15, 0.2) is 12.2 Å². The third-order valence-electron chi connectivity index (χ3n) is 10.1. The molecule has 4 heteroatoms. The summed E-state index contributed by atoms with van der Waals surface area (Å²) in [6.07, 6.45) is 51.3. The SMILES string of the molecule is CCCCCCCC/C=C\CCCCCCCCCC(=O)OC(CO)COCCCCCCCCCCCCCCCCCCCCCC. The Morgan fingerprint density at radius 2 is 0.796 bits per heavy atom. The van der Waals surface area contributed by atoms with Crippen molar-refractivity contribution in [3.8, 4) is 0 Å². The van der Waals surface area contributed by atoms with Gasteiger partial charge in [-0.3, -0.25) is 4.79 Å². The quantitative estimate of drug-likeness (QED) is 0.0393. The molecule has 0 saturated heterocycles. The number of carbonyl (C=O) groups excluding carboxylic acids is 1. The molecule has 0 bridgehead atoms. The van der Waals surface area contributed by atoms with Crippen LogP contribution in [-0.4, -0.2) is 37.0 Å². The van der Waals surface area contributed by atoms with E-state index in [-0.39, 0.29) is 12.6 Å². The normalized spacial score (nSPS) is 12.3. The Kier molecular flexibility index (Phi) is 42.5. The van der Waals surface area contributed by atoms with Crippen LogP contribution < -0.4 is 0 Å². The molecule has 0 heterocycles. The summed E-state index contributed by atoms with van der Waals surface area (Å²) in [5, 5.41) is 9.61. The van der Waals surface area contributed by atoms with E-state index in [2.05, 4.69) is 26.0 Å². The second-order valence-corrected chi connectivity index (χ2v) is 15.1. The number of unbranched alkanes of at least 4 members (excludes halogenated alkanes) is 32. The summed E-state index contributed by atoms with van der Waals surface area (Å²) in [5.74, 6) is -0.200. The van der Waals surface area contributed by atoms with Crippen LogP contribution in [-0.2, 0) is 14.3 Å². The zero-order valence-electron chi connectivity index (χ0n) is 33.5. The van der Waals surface area contributed by atoms with E-state index in [0.717, 1.165) is 19.3 Å². The Balaban J connectivity index is 3.37. The molecule has 0 fully saturated rings. The van der Waals surface area contributed by atoms with Crippen molar-refractivity contribution in [3.05, 3.63) is 12.2 Å². The lowest BCUT2D eigenvalue weighted by atomic mass is 10.0. The first-order valence-electron chi connectivity index (χ1n) is 22.3. The number of rotatable bonds is 42. The van der Waals surface area contributed by atoms with E-state index in [9.17, 15) is 9.90 Å². The van der Waals surface area contributed by atoms with Gasteiger partial charge in [-0.15, -0.1) is 0 Å². The molecule has 1 unspecified atom stereocenters. The molecule has 0 aromatic carbocycles. The lowest BCUT2D eigenvalue weighted by Gasteiger charge is -2.16. The largest absolute Gasteiger partial charge is 0.457 e. The number of esters is 1. The molecule has 0 amide bonds. The average molecular weight is 693 g/mol. The van der Waals surface area contributed by atoms with Gasteiger partial charge in [0.15, 0.2) is 0 Å². The van der Waals surface area contributed by atoms with Gasteiger partial charge in [0.2, 0.25) is 0 Å². The van der Waals surface area contributed by atoms with Crippen molar-refractivity contribution in [3.63, 3.8) is 0 Å². The average Bonchev–Trinajstić information content (AvgIpc) is 3.11.